The minimum Gasteiger partial charge on any atom is -0.507 e. The highest BCUT2D eigenvalue weighted by molar-refractivity contribution is 5.97. The molecule has 5 nitrogen and oxygen atoms in total. The van der Waals surface area contributed by atoms with Gasteiger partial charge in [0.25, 0.3) is 5.91 Å². The lowest BCUT2D eigenvalue weighted by molar-refractivity contribution is 0.0944. The Morgan fingerprint density at radius 2 is 2.05 bits per heavy atom. The zero-order valence-corrected chi connectivity index (χ0v) is 11.8. The van der Waals surface area contributed by atoms with Crippen molar-refractivity contribution in [3.8, 4) is 11.5 Å². The lowest BCUT2D eigenvalue weighted by atomic mass is 10.1. The molecule has 0 atom stereocenters. The van der Waals surface area contributed by atoms with Crippen LogP contribution in [0.2, 0.25) is 0 Å². The second kappa shape index (κ2) is 6.65. The number of phenolic OH excluding ortho intramolecular Hbond substituents is 1. The molecule has 0 spiro atoms. The van der Waals surface area contributed by atoms with Crippen LogP contribution in [0.15, 0.2) is 42.5 Å². The number of nitrogens with two attached hydrogens (primary N) is 1. The normalized spacial score (nSPS) is 10.1. The fraction of sp³-hybridized carbons (Fsp3) is 0.188. The molecule has 0 bridgehead atoms. The van der Waals surface area contributed by atoms with Crippen molar-refractivity contribution >= 4 is 11.6 Å². The number of para-hydroxylation sites is 1. The van der Waals surface area contributed by atoms with Crippen molar-refractivity contribution in [1.29, 1.82) is 0 Å². The van der Waals surface area contributed by atoms with Crippen LogP contribution in [-0.2, 0) is 0 Å². The van der Waals surface area contributed by atoms with E-state index in [0.29, 0.717) is 30.2 Å². The summed E-state index contributed by atoms with van der Waals surface area (Å²) < 4.78 is 5.47. The summed E-state index contributed by atoms with van der Waals surface area (Å²) in [4.78, 5) is 11.9. The van der Waals surface area contributed by atoms with Crippen molar-refractivity contribution in [3.05, 3.63) is 53.6 Å². The molecule has 5 heteroatoms. The van der Waals surface area contributed by atoms with E-state index < -0.39 is 0 Å². The number of phenols is 1. The first kappa shape index (κ1) is 14.7. The third kappa shape index (κ3) is 3.89. The van der Waals surface area contributed by atoms with E-state index in [4.69, 9.17) is 10.5 Å². The van der Waals surface area contributed by atoms with Crippen molar-refractivity contribution in [2.75, 3.05) is 18.9 Å². The maximum absolute atomic E-state index is 11.9. The predicted molar refractivity (Wildman–Crippen MR) is 81.5 cm³/mol. The summed E-state index contributed by atoms with van der Waals surface area (Å²) in [7, 11) is 0. The van der Waals surface area contributed by atoms with E-state index in [0.717, 1.165) is 0 Å². The molecule has 0 heterocycles. The molecule has 0 saturated carbocycles. The average molecular weight is 286 g/mol. The Hall–Kier alpha value is -2.69. The van der Waals surface area contributed by atoms with Crippen LogP contribution < -0.4 is 15.8 Å². The Labute approximate surface area is 123 Å². The van der Waals surface area contributed by atoms with Crippen molar-refractivity contribution in [1.82, 2.24) is 5.32 Å². The Morgan fingerprint density at radius 1 is 1.29 bits per heavy atom. The van der Waals surface area contributed by atoms with Crippen LogP contribution in [0.25, 0.3) is 0 Å². The maximum atomic E-state index is 11.9. The third-order valence-electron chi connectivity index (χ3n) is 3.00. The number of aryl methyl sites for hydroxylation is 1. The first-order chi connectivity index (χ1) is 10.1. The third-order valence-corrected chi connectivity index (χ3v) is 3.00. The summed E-state index contributed by atoms with van der Waals surface area (Å²) in [5.41, 5.74) is 7.19. The topological polar surface area (TPSA) is 84.6 Å². The summed E-state index contributed by atoms with van der Waals surface area (Å²) in [5.74, 6) is 0.335. The number of hydrogen-bond acceptors (Lipinski definition) is 4. The molecular weight excluding hydrogens is 268 g/mol. The molecule has 0 unspecified atom stereocenters. The number of nitrogens with one attached hydrogen (secondary N) is 1. The van der Waals surface area contributed by atoms with Gasteiger partial charge in [-0.1, -0.05) is 18.2 Å². The molecule has 0 aliphatic heterocycles. The summed E-state index contributed by atoms with van der Waals surface area (Å²) in [6, 6.07) is 12.1. The highest BCUT2D eigenvalue weighted by atomic mass is 16.5. The largest absolute Gasteiger partial charge is 0.507 e. The smallest absolute Gasteiger partial charge is 0.255 e. The van der Waals surface area contributed by atoms with Gasteiger partial charge in [0.05, 0.1) is 12.1 Å². The van der Waals surface area contributed by atoms with Gasteiger partial charge in [0.15, 0.2) is 0 Å². The van der Waals surface area contributed by atoms with Crippen LogP contribution >= 0.6 is 0 Å². The number of ether oxygens (including phenoxy) is 1. The lowest BCUT2D eigenvalue weighted by Gasteiger charge is -2.10. The zero-order valence-electron chi connectivity index (χ0n) is 11.8. The molecule has 110 valence electrons. The van der Waals surface area contributed by atoms with E-state index in [1.54, 1.807) is 49.4 Å². The molecule has 0 saturated heterocycles. The van der Waals surface area contributed by atoms with E-state index in [1.807, 2.05) is 0 Å². The summed E-state index contributed by atoms with van der Waals surface area (Å²) >= 11 is 0. The first-order valence-electron chi connectivity index (χ1n) is 6.63. The highest BCUT2D eigenvalue weighted by Crippen LogP contribution is 2.21. The number of hydrogen-bond donors (Lipinski definition) is 3. The minimum absolute atomic E-state index is 0.00625. The van der Waals surface area contributed by atoms with Crippen molar-refractivity contribution < 1.29 is 14.6 Å². The maximum Gasteiger partial charge on any atom is 0.255 e. The number of benzene rings is 2. The fourth-order valence-electron chi connectivity index (χ4n) is 1.88. The summed E-state index contributed by atoms with van der Waals surface area (Å²) in [6.07, 6.45) is 0. The molecule has 4 N–H and O–H groups in total. The minimum atomic E-state index is -0.327. The zero-order chi connectivity index (χ0) is 15.2. The van der Waals surface area contributed by atoms with Crippen molar-refractivity contribution in [2.45, 2.75) is 6.92 Å². The van der Waals surface area contributed by atoms with E-state index >= 15 is 0 Å². The van der Waals surface area contributed by atoms with Crippen molar-refractivity contribution in [3.63, 3.8) is 0 Å². The standard InChI is InChI=1S/C16H18N2O3/c1-11-4-2-7-14(15(11)19)16(20)18-8-9-21-13-6-3-5-12(17)10-13/h2-7,10,19H,8-9,17H2,1H3,(H,18,20). The van der Waals surface area contributed by atoms with E-state index in [2.05, 4.69) is 5.32 Å². The molecule has 0 aliphatic rings. The van der Waals surface area contributed by atoms with Gasteiger partial charge >= 0.3 is 0 Å². The Morgan fingerprint density at radius 3 is 2.81 bits per heavy atom. The van der Waals surface area contributed by atoms with Crippen LogP contribution in [0.1, 0.15) is 15.9 Å². The van der Waals surface area contributed by atoms with Gasteiger partial charge < -0.3 is 20.9 Å². The Bertz CT molecular complexity index is 641. The summed E-state index contributed by atoms with van der Waals surface area (Å²) in [5, 5.41) is 12.5. The van der Waals surface area contributed by atoms with Crippen molar-refractivity contribution in [2.24, 2.45) is 0 Å². The Balaban J connectivity index is 1.83. The van der Waals surface area contributed by atoms with Crippen LogP contribution in [-0.4, -0.2) is 24.2 Å². The second-order valence-corrected chi connectivity index (χ2v) is 4.65. The van der Waals surface area contributed by atoms with E-state index in [9.17, 15) is 9.90 Å². The van der Waals surface area contributed by atoms with Gasteiger partial charge in [-0.05, 0) is 30.7 Å². The number of rotatable bonds is 5. The lowest BCUT2D eigenvalue weighted by Crippen LogP contribution is -2.28. The van der Waals surface area contributed by atoms with Gasteiger partial charge in [-0.15, -0.1) is 0 Å². The molecule has 2 aromatic rings. The number of nitrogen functional groups attached to an aromatic ring is 1. The van der Waals surface area contributed by atoms with Crippen LogP contribution in [0, 0.1) is 6.92 Å². The van der Waals surface area contributed by atoms with Gasteiger partial charge in [-0.2, -0.15) is 0 Å². The SMILES string of the molecule is Cc1cccc(C(=O)NCCOc2cccc(N)c2)c1O. The number of amides is 1. The van der Waals surface area contributed by atoms with E-state index in [1.165, 1.54) is 0 Å². The molecule has 0 fully saturated rings. The fourth-order valence-corrected chi connectivity index (χ4v) is 1.88. The summed E-state index contributed by atoms with van der Waals surface area (Å²) in [6.45, 7) is 2.40. The number of carbonyl (C=O) groups is 1. The molecule has 2 aromatic carbocycles. The van der Waals surface area contributed by atoms with Gasteiger partial charge in [-0.3, -0.25) is 4.79 Å². The first-order valence-corrected chi connectivity index (χ1v) is 6.63. The molecule has 1 amide bonds. The van der Waals surface area contributed by atoms with Gasteiger partial charge in [0.2, 0.25) is 0 Å². The van der Waals surface area contributed by atoms with Gasteiger partial charge in [0.1, 0.15) is 18.1 Å². The Kier molecular flexibility index (Phi) is 4.66. The molecule has 21 heavy (non-hydrogen) atoms. The van der Waals surface area contributed by atoms with Gasteiger partial charge in [-0.25, -0.2) is 0 Å². The number of anilines is 1. The predicted octanol–water partition coefficient (Wildman–Crippen LogP) is 2.09. The monoisotopic (exact) mass is 286 g/mol. The van der Waals surface area contributed by atoms with Crippen LogP contribution in [0.3, 0.4) is 0 Å². The number of carbonyl (C=O) groups excluding carboxylic acids is 1. The second-order valence-electron chi connectivity index (χ2n) is 4.65. The molecule has 0 aliphatic carbocycles. The average Bonchev–Trinajstić information content (AvgIpc) is 2.46. The quantitative estimate of drug-likeness (QED) is 0.580. The van der Waals surface area contributed by atoms with Crippen LogP contribution in [0.4, 0.5) is 5.69 Å². The highest BCUT2D eigenvalue weighted by Gasteiger charge is 2.11. The van der Waals surface area contributed by atoms with Gasteiger partial charge in [0, 0.05) is 11.8 Å². The van der Waals surface area contributed by atoms with E-state index in [-0.39, 0.29) is 17.2 Å². The molecule has 0 radical (unpaired) electrons. The molecule has 0 aromatic heterocycles. The number of aromatic hydroxyl groups is 1. The molecular formula is C16H18N2O3. The molecule has 2 rings (SSSR count). The van der Waals surface area contributed by atoms with Crippen LogP contribution in [0.5, 0.6) is 11.5 Å².